The molecule has 21 heavy (non-hydrogen) atoms. The molecule has 0 spiro atoms. The number of hydrogen-bond donors (Lipinski definition) is 0. The minimum absolute atomic E-state index is 0.0903. The molecule has 2 aromatic rings. The molecule has 1 aliphatic heterocycles. The Bertz CT molecular complexity index is 670. The van der Waals surface area contributed by atoms with Crippen LogP contribution in [0, 0.1) is 5.92 Å². The van der Waals surface area contributed by atoms with Crippen molar-refractivity contribution in [3.8, 4) is 0 Å². The highest BCUT2D eigenvalue weighted by molar-refractivity contribution is 9.10. The molecule has 1 aromatic heterocycles. The van der Waals surface area contributed by atoms with Gasteiger partial charge in [0.25, 0.3) is 0 Å². The number of carbonyl (C=O) groups excluding carboxylic acids is 1. The topological polar surface area (TPSA) is 36.4 Å². The molecule has 0 saturated carbocycles. The van der Waals surface area contributed by atoms with E-state index in [1.807, 2.05) is 26.2 Å². The molecule has 0 N–H and O–H groups in total. The van der Waals surface area contributed by atoms with Gasteiger partial charge in [0.2, 0.25) is 5.91 Å². The second kappa shape index (κ2) is 5.93. The van der Waals surface area contributed by atoms with Crippen LogP contribution in [0.15, 0.2) is 22.7 Å². The highest BCUT2D eigenvalue weighted by atomic mass is 79.9. The lowest BCUT2D eigenvalue weighted by Crippen LogP contribution is -2.42. The Kier molecular flexibility index (Phi) is 4.17. The number of halogens is 1. The van der Waals surface area contributed by atoms with E-state index in [1.165, 1.54) is 4.70 Å². The zero-order chi connectivity index (χ0) is 15.0. The molecule has 1 unspecified atom stereocenters. The molecule has 1 atom stereocenters. The number of fused-ring (bicyclic) bond motifs is 1. The van der Waals surface area contributed by atoms with Gasteiger partial charge in [-0.2, -0.15) is 0 Å². The van der Waals surface area contributed by atoms with Crippen LogP contribution in [0.4, 0.5) is 5.13 Å². The van der Waals surface area contributed by atoms with E-state index in [1.54, 1.807) is 16.2 Å². The monoisotopic (exact) mass is 367 g/mol. The van der Waals surface area contributed by atoms with Crippen molar-refractivity contribution in [1.29, 1.82) is 0 Å². The molecule has 0 radical (unpaired) electrons. The summed E-state index contributed by atoms with van der Waals surface area (Å²) >= 11 is 5.20. The van der Waals surface area contributed by atoms with Crippen LogP contribution in [0.3, 0.4) is 0 Å². The molecule has 1 aliphatic rings. The summed E-state index contributed by atoms with van der Waals surface area (Å²) in [5.74, 6) is 0.316. The average Bonchev–Trinajstić information content (AvgIpc) is 2.89. The molecule has 1 saturated heterocycles. The van der Waals surface area contributed by atoms with Crippen molar-refractivity contribution < 1.29 is 4.79 Å². The molecular formula is C15H18BrN3OS. The largest absolute Gasteiger partial charge is 0.349 e. The molecule has 1 aromatic carbocycles. The highest BCUT2D eigenvalue weighted by Crippen LogP contribution is 2.33. The molecule has 4 nitrogen and oxygen atoms in total. The normalized spacial score (nSPS) is 19.0. The summed E-state index contributed by atoms with van der Waals surface area (Å²) in [5.41, 5.74) is 1.03. The Morgan fingerprint density at radius 3 is 3.05 bits per heavy atom. The Morgan fingerprint density at radius 1 is 1.48 bits per heavy atom. The van der Waals surface area contributed by atoms with Crippen molar-refractivity contribution >= 4 is 48.5 Å². The van der Waals surface area contributed by atoms with Crippen LogP contribution in [0.25, 0.3) is 10.2 Å². The van der Waals surface area contributed by atoms with Crippen molar-refractivity contribution in [1.82, 2.24) is 9.88 Å². The molecule has 1 fully saturated rings. The van der Waals surface area contributed by atoms with E-state index in [9.17, 15) is 4.79 Å². The van der Waals surface area contributed by atoms with Gasteiger partial charge in [-0.15, -0.1) is 0 Å². The molecule has 2 heterocycles. The maximum absolute atomic E-state index is 12.2. The number of rotatable bonds is 2. The third kappa shape index (κ3) is 3.06. The Hall–Kier alpha value is -1.14. The first kappa shape index (κ1) is 14.8. The minimum Gasteiger partial charge on any atom is -0.349 e. The van der Waals surface area contributed by atoms with Crippen LogP contribution in [0.5, 0.6) is 0 Å². The SMILES string of the molecule is CN(C)C(=O)C1CCCN(c2nc3ccc(Br)cc3s2)C1. The van der Waals surface area contributed by atoms with Crippen molar-refractivity contribution in [2.45, 2.75) is 12.8 Å². The van der Waals surface area contributed by atoms with Crippen LogP contribution in [-0.4, -0.2) is 43.0 Å². The lowest BCUT2D eigenvalue weighted by Gasteiger charge is -2.32. The number of thiazole rings is 1. The molecule has 6 heteroatoms. The fraction of sp³-hybridized carbons (Fsp3) is 0.467. The van der Waals surface area contributed by atoms with E-state index in [0.717, 1.165) is 41.1 Å². The van der Waals surface area contributed by atoms with Crippen molar-refractivity contribution in [3.63, 3.8) is 0 Å². The fourth-order valence-corrected chi connectivity index (χ4v) is 4.29. The van der Waals surface area contributed by atoms with E-state index >= 15 is 0 Å². The van der Waals surface area contributed by atoms with Crippen molar-refractivity contribution in [2.24, 2.45) is 5.92 Å². The van der Waals surface area contributed by atoms with Gasteiger partial charge < -0.3 is 9.80 Å². The summed E-state index contributed by atoms with van der Waals surface area (Å²) in [6, 6.07) is 6.15. The third-order valence-corrected chi connectivity index (χ3v) is 5.39. The number of amides is 1. The van der Waals surface area contributed by atoms with Gasteiger partial charge in [-0.25, -0.2) is 4.98 Å². The first-order valence-corrected chi connectivity index (χ1v) is 8.68. The number of nitrogens with zero attached hydrogens (tertiary/aromatic N) is 3. The Labute approximate surface area is 136 Å². The maximum atomic E-state index is 12.2. The van der Waals surface area contributed by atoms with Gasteiger partial charge in [-0.05, 0) is 31.0 Å². The zero-order valence-electron chi connectivity index (χ0n) is 12.2. The van der Waals surface area contributed by atoms with E-state index in [0.29, 0.717) is 0 Å². The smallest absolute Gasteiger partial charge is 0.226 e. The Balaban J connectivity index is 1.83. The second-order valence-electron chi connectivity index (χ2n) is 5.63. The van der Waals surface area contributed by atoms with Gasteiger partial charge in [-0.1, -0.05) is 27.3 Å². The summed E-state index contributed by atoms with van der Waals surface area (Å²) < 4.78 is 2.25. The second-order valence-corrected chi connectivity index (χ2v) is 7.55. The van der Waals surface area contributed by atoms with Crippen molar-refractivity contribution in [2.75, 3.05) is 32.1 Å². The van der Waals surface area contributed by atoms with E-state index in [2.05, 4.69) is 26.9 Å². The maximum Gasteiger partial charge on any atom is 0.226 e. The summed E-state index contributed by atoms with van der Waals surface area (Å²) in [4.78, 5) is 20.8. The highest BCUT2D eigenvalue weighted by Gasteiger charge is 2.28. The summed E-state index contributed by atoms with van der Waals surface area (Å²) in [5, 5.41) is 1.03. The van der Waals surface area contributed by atoms with Gasteiger partial charge in [0.05, 0.1) is 16.1 Å². The first-order valence-electron chi connectivity index (χ1n) is 7.07. The predicted octanol–water partition coefficient (Wildman–Crippen LogP) is 3.36. The summed E-state index contributed by atoms with van der Waals surface area (Å²) in [6.45, 7) is 1.76. The van der Waals surface area contributed by atoms with Crippen LogP contribution in [0.2, 0.25) is 0 Å². The fourth-order valence-electron chi connectivity index (χ4n) is 2.74. The van der Waals surface area contributed by atoms with Gasteiger partial charge in [0.15, 0.2) is 5.13 Å². The lowest BCUT2D eigenvalue weighted by molar-refractivity contribution is -0.133. The quantitative estimate of drug-likeness (QED) is 0.816. The molecule has 0 aliphatic carbocycles. The Morgan fingerprint density at radius 2 is 2.29 bits per heavy atom. The lowest BCUT2D eigenvalue weighted by atomic mass is 9.97. The molecule has 112 valence electrons. The van der Waals surface area contributed by atoms with Gasteiger partial charge >= 0.3 is 0 Å². The standard InChI is InChI=1S/C15H18BrN3OS/c1-18(2)14(20)10-4-3-7-19(9-10)15-17-12-6-5-11(16)8-13(12)21-15/h5-6,8,10H,3-4,7,9H2,1-2H3. The number of hydrogen-bond acceptors (Lipinski definition) is 4. The zero-order valence-corrected chi connectivity index (χ0v) is 14.6. The van der Waals surface area contributed by atoms with Gasteiger partial charge in [-0.3, -0.25) is 4.79 Å². The summed E-state index contributed by atoms with van der Waals surface area (Å²) in [7, 11) is 3.66. The number of carbonyl (C=O) groups is 1. The number of benzene rings is 1. The predicted molar refractivity (Wildman–Crippen MR) is 91.0 cm³/mol. The molecular weight excluding hydrogens is 350 g/mol. The molecule has 1 amide bonds. The van der Waals surface area contributed by atoms with E-state index in [-0.39, 0.29) is 11.8 Å². The number of piperidine rings is 1. The number of anilines is 1. The van der Waals surface area contributed by atoms with E-state index < -0.39 is 0 Å². The van der Waals surface area contributed by atoms with Gasteiger partial charge in [0, 0.05) is 31.7 Å². The van der Waals surface area contributed by atoms with Crippen molar-refractivity contribution in [3.05, 3.63) is 22.7 Å². The number of aromatic nitrogens is 1. The molecule has 0 bridgehead atoms. The summed E-state index contributed by atoms with van der Waals surface area (Å²) in [6.07, 6.45) is 2.02. The van der Waals surface area contributed by atoms with E-state index in [4.69, 9.17) is 4.98 Å². The van der Waals surface area contributed by atoms with Crippen LogP contribution in [-0.2, 0) is 4.79 Å². The van der Waals surface area contributed by atoms with Gasteiger partial charge in [0.1, 0.15) is 0 Å². The average molecular weight is 368 g/mol. The molecule has 3 rings (SSSR count). The van der Waals surface area contributed by atoms with Crippen LogP contribution >= 0.6 is 27.3 Å². The third-order valence-electron chi connectivity index (χ3n) is 3.82. The van der Waals surface area contributed by atoms with Crippen LogP contribution in [0.1, 0.15) is 12.8 Å². The minimum atomic E-state index is 0.0903. The first-order chi connectivity index (χ1) is 10.0. The van der Waals surface area contributed by atoms with Crippen LogP contribution < -0.4 is 4.90 Å².